The lowest BCUT2D eigenvalue weighted by Crippen LogP contribution is -2.25. The minimum Gasteiger partial charge on any atom is -0.507 e. The summed E-state index contributed by atoms with van der Waals surface area (Å²) in [6.07, 6.45) is 2.01. The molecule has 0 aliphatic rings. The van der Waals surface area contributed by atoms with Gasteiger partial charge in [-0.2, -0.15) is 0 Å². The van der Waals surface area contributed by atoms with Crippen molar-refractivity contribution in [1.82, 2.24) is 4.98 Å². The van der Waals surface area contributed by atoms with Crippen LogP contribution in [0.2, 0.25) is 0 Å². The summed E-state index contributed by atoms with van der Waals surface area (Å²) in [5.74, 6) is -1.22. The minimum absolute atomic E-state index is 0.0822. The number of esters is 1. The van der Waals surface area contributed by atoms with E-state index >= 15 is 0 Å². The van der Waals surface area contributed by atoms with Gasteiger partial charge in [-0.3, -0.25) is 9.78 Å². The third-order valence-corrected chi connectivity index (χ3v) is 7.03. The van der Waals surface area contributed by atoms with E-state index in [1.807, 2.05) is 78.9 Å². The first-order valence-corrected chi connectivity index (χ1v) is 12.7. The summed E-state index contributed by atoms with van der Waals surface area (Å²) < 4.78 is 6.15. The van der Waals surface area contributed by atoms with Crippen LogP contribution in [0.4, 0.5) is 0 Å². The predicted octanol–water partition coefficient (Wildman–Crippen LogP) is 7.18. The van der Waals surface area contributed by atoms with Crippen LogP contribution < -0.4 is 4.74 Å². The van der Waals surface area contributed by atoms with Crippen molar-refractivity contribution in [3.8, 4) is 22.6 Å². The number of benzene rings is 5. The lowest BCUT2D eigenvalue weighted by molar-refractivity contribution is -0.139. The molecule has 5 aromatic carbocycles. The van der Waals surface area contributed by atoms with E-state index in [1.54, 1.807) is 48.8 Å². The number of carbonyl (C=O) groups excluding carboxylic acids is 1. The smallest absolute Gasteiger partial charge is 0.321 e. The van der Waals surface area contributed by atoms with Gasteiger partial charge in [0.15, 0.2) is 0 Å². The van der Waals surface area contributed by atoms with Gasteiger partial charge in [0.1, 0.15) is 17.4 Å². The van der Waals surface area contributed by atoms with E-state index in [4.69, 9.17) is 4.74 Å². The number of ether oxygens (including phenoxy) is 1. The molecule has 5 nitrogen and oxygen atoms in total. The van der Waals surface area contributed by atoms with Crippen molar-refractivity contribution >= 4 is 27.5 Å². The maximum absolute atomic E-state index is 13.9. The van der Waals surface area contributed by atoms with Crippen LogP contribution in [0.25, 0.3) is 32.7 Å². The Labute approximate surface area is 225 Å². The molecular weight excluding hydrogens is 486 g/mol. The zero-order valence-electron chi connectivity index (χ0n) is 20.9. The molecule has 2 atom stereocenters. The number of aromatic hydroxyl groups is 1. The Bertz CT molecular complexity index is 1780. The fraction of sp³-hybridized carbons (Fsp3) is 0.0588. The molecule has 0 aliphatic carbocycles. The number of carbonyl (C=O) groups is 1. The summed E-state index contributed by atoms with van der Waals surface area (Å²) in [6.45, 7) is 0. The van der Waals surface area contributed by atoms with Crippen LogP contribution in [0.1, 0.15) is 23.1 Å². The second-order valence-electron chi connectivity index (χ2n) is 9.38. The molecule has 0 amide bonds. The summed E-state index contributed by atoms with van der Waals surface area (Å²) in [5.41, 5.74) is 2.38. The zero-order valence-corrected chi connectivity index (χ0v) is 20.9. The van der Waals surface area contributed by atoms with Crippen molar-refractivity contribution in [1.29, 1.82) is 0 Å². The standard InChI is InChI=1S/C34H25NO4/c36-28-16-14-22-8-4-6-12-26(22)31(28)32-27-13-7-5-9-23(27)15-17-29(32)39-34(38)30(24-10-2-1-3-11-24)33(37)25-18-20-35-21-19-25/h1-21,30,33,36-37H/t30-,33-/m1/s1. The monoisotopic (exact) mass is 511 g/mol. The Hall–Kier alpha value is -5.00. The molecule has 0 radical (unpaired) electrons. The molecule has 0 fully saturated rings. The van der Waals surface area contributed by atoms with Crippen molar-refractivity contribution in [3.05, 3.63) is 139 Å². The Morgan fingerprint density at radius 2 is 1.23 bits per heavy atom. The highest BCUT2D eigenvalue weighted by molar-refractivity contribution is 6.10. The van der Waals surface area contributed by atoms with Crippen molar-refractivity contribution in [2.24, 2.45) is 0 Å². The summed E-state index contributed by atoms with van der Waals surface area (Å²) >= 11 is 0. The second kappa shape index (κ2) is 10.4. The molecule has 0 saturated heterocycles. The molecule has 0 spiro atoms. The van der Waals surface area contributed by atoms with Crippen LogP contribution in [0.5, 0.6) is 11.5 Å². The van der Waals surface area contributed by atoms with Crippen LogP contribution in [-0.4, -0.2) is 21.2 Å². The molecule has 1 aromatic heterocycles. The number of nitrogens with zero attached hydrogens (tertiary/aromatic N) is 1. The van der Waals surface area contributed by atoms with Gasteiger partial charge in [0.2, 0.25) is 0 Å². The topological polar surface area (TPSA) is 79.7 Å². The van der Waals surface area contributed by atoms with Gasteiger partial charge in [0, 0.05) is 23.5 Å². The molecule has 0 bridgehead atoms. The van der Waals surface area contributed by atoms with Gasteiger partial charge in [-0.25, -0.2) is 0 Å². The number of pyridine rings is 1. The molecule has 2 N–H and O–H groups in total. The first kappa shape index (κ1) is 24.3. The number of fused-ring (bicyclic) bond motifs is 2. The number of phenolic OH excluding ortho intramolecular Hbond substituents is 1. The van der Waals surface area contributed by atoms with Gasteiger partial charge in [-0.15, -0.1) is 0 Å². The fourth-order valence-electron chi connectivity index (χ4n) is 5.15. The molecular formula is C34H25NO4. The van der Waals surface area contributed by atoms with E-state index in [0.717, 1.165) is 21.5 Å². The van der Waals surface area contributed by atoms with Crippen LogP contribution in [-0.2, 0) is 4.79 Å². The van der Waals surface area contributed by atoms with E-state index in [1.165, 1.54) is 0 Å². The Morgan fingerprint density at radius 3 is 1.92 bits per heavy atom. The van der Waals surface area contributed by atoms with Gasteiger partial charge in [0.05, 0.1) is 6.10 Å². The highest BCUT2D eigenvalue weighted by Gasteiger charge is 2.32. The quantitative estimate of drug-likeness (QED) is 0.183. The summed E-state index contributed by atoms with van der Waals surface area (Å²) in [4.78, 5) is 18.0. The Morgan fingerprint density at radius 1 is 0.641 bits per heavy atom. The summed E-state index contributed by atoms with van der Waals surface area (Å²) in [7, 11) is 0. The number of rotatable bonds is 6. The largest absolute Gasteiger partial charge is 0.507 e. The number of aliphatic hydroxyl groups is 1. The number of aliphatic hydroxyl groups excluding tert-OH is 1. The number of phenols is 1. The number of aromatic nitrogens is 1. The van der Waals surface area contributed by atoms with E-state index in [9.17, 15) is 15.0 Å². The Kier molecular flexibility index (Phi) is 6.49. The molecule has 0 aliphatic heterocycles. The van der Waals surface area contributed by atoms with E-state index in [2.05, 4.69) is 4.98 Å². The van der Waals surface area contributed by atoms with Crippen molar-refractivity contribution in [3.63, 3.8) is 0 Å². The normalized spacial score (nSPS) is 12.7. The molecule has 6 rings (SSSR count). The van der Waals surface area contributed by atoms with Gasteiger partial charge in [-0.1, -0.05) is 91.0 Å². The lowest BCUT2D eigenvalue weighted by Gasteiger charge is -2.23. The molecule has 0 unspecified atom stereocenters. The van der Waals surface area contributed by atoms with Gasteiger partial charge in [0.25, 0.3) is 0 Å². The maximum atomic E-state index is 13.9. The van der Waals surface area contributed by atoms with E-state index < -0.39 is 18.0 Å². The van der Waals surface area contributed by atoms with Gasteiger partial charge in [-0.05, 0) is 56.9 Å². The highest BCUT2D eigenvalue weighted by Crippen LogP contribution is 2.45. The Balaban J connectivity index is 1.52. The predicted molar refractivity (Wildman–Crippen MR) is 153 cm³/mol. The van der Waals surface area contributed by atoms with Crippen molar-refractivity contribution in [2.45, 2.75) is 12.0 Å². The minimum atomic E-state index is -1.15. The molecule has 5 heteroatoms. The fourth-order valence-corrected chi connectivity index (χ4v) is 5.15. The summed E-state index contributed by atoms with van der Waals surface area (Å²) in [6, 6.07) is 35.2. The van der Waals surface area contributed by atoms with Crippen LogP contribution in [0, 0.1) is 0 Å². The average molecular weight is 512 g/mol. The van der Waals surface area contributed by atoms with Crippen LogP contribution in [0.15, 0.2) is 128 Å². The van der Waals surface area contributed by atoms with E-state index in [0.29, 0.717) is 28.0 Å². The molecule has 190 valence electrons. The van der Waals surface area contributed by atoms with Crippen LogP contribution in [0.3, 0.4) is 0 Å². The third kappa shape index (κ3) is 4.60. The highest BCUT2D eigenvalue weighted by atomic mass is 16.5. The molecule has 1 heterocycles. The second-order valence-corrected chi connectivity index (χ2v) is 9.38. The maximum Gasteiger partial charge on any atom is 0.321 e. The van der Waals surface area contributed by atoms with Gasteiger partial charge >= 0.3 is 5.97 Å². The first-order chi connectivity index (χ1) is 19.1. The van der Waals surface area contributed by atoms with Crippen molar-refractivity contribution < 1.29 is 19.7 Å². The van der Waals surface area contributed by atoms with Crippen molar-refractivity contribution in [2.75, 3.05) is 0 Å². The zero-order chi connectivity index (χ0) is 26.8. The first-order valence-electron chi connectivity index (χ1n) is 12.7. The van der Waals surface area contributed by atoms with Gasteiger partial charge < -0.3 is 14.9 Å². The number of hydrogen-bond donors (Lipinski definition) is 2. The SMILES string of the molecule is O=C(Oc1ccc2ccccc2c1-c1c(O)ccc2ccccc12)[C@H](c1ccccc1)[C@H](O)c1ccncc1. The molecule has 0 saturated carbocycles. The third-order valence-electron chi connectivity index (χ3n) is 7.03. The lowest BCUT2D eigenvalue weighted by atomic mass is 9.89. The number of hydrogen-bond acceptors (Lipinski definition) is 5. The molecule has 39 heavy (non-hydrogen) atoms. The average Bonchev–Trinajstić information content (AvgIpc) is 2.98. The summed E-state index contributed by atoms with van der Waals surface area (Å²) in [5, 5.41) is 26.0. The molecule has 6 aromatic rings. The van der Waals surface area contributed by atoms with E-state index in [-0.39, 0.29) is 5.75 Å². The van der Waals surface area contributed by atoms with Crippen LogP contribution >= 0.6 is 0 Å².